The number of hydrazone groups is 1. The molecule has 0 saturated heterocycles. The van der Waals surface area contributed by atoms with Gasteiger partial charge in [-0.15, -0.1) is 0 Å². The van der Waals surface area contributed by atoms with E-state index in [2.05, 4.69) is 26.5 Å². The largest absolute Gasteiger partial charge is 0.497 e. The third-order valence-corrected chi connectivity index (χ3v) is 2.72. The third kappa shape index (κ3) is 3.69. The second-order valence-electron chi connectivity index (χ2n) is 3.58. The summed E-state index contributed by atoms with van der Waals surface area (Å²) in [4.78, 5) is 11.6. The lowest BCUT2D eigenvalue weighted by Crippen LogP contribution is -2.16. The number of benzene rings is 1. The molecular formula is C13H11BrN2O3. The Bertz CT molecular complexity index is 590. The summed E-state index contributed by atoms with van der Waals surface area (Å²) in [6, 6.07) is 10.5. The number of hydrogen-bond donors (Lipinski definition) is 1. The second kappa shape index (κ2) is 6.19. The molecule has 2 aromatic rings. The predicted octanol–water partition coefficient (Wildman–Crippen LogP) is 2.81. The lowest BCUT2D eigenvalue weighted by Gasteiger charge is -1.99. The van der Waals surface area contributed by atoms with Gasteiger partial charge in [0, 0.05) is 0 Å². The van der Waals surface area contributed by atoms with E-state index in [9.17, 15) is 4.79 Å². The zero-order chi connectivity index (χ0) is 13.7. The van der Waals surface area contributed by atoms with Crippen LogP contribution in [0.1, 0.15) is 16.1 Å². The van der Waals surface area contributed by atoms with Crippen molar-refractivity contribution in [2.45, 2.75) is 0 Å². The van der Waals surface area contributed by atoms with E-state index >= 15 is 0 Å². The molecule has 19 heavy (non-hydrogen) atoms. The average Bonchev–Trinajstić information content (AvgIpc) is 2.86. The van der Waals surface area contributed by atoms with Crippen LogP contribution in [0.4, 0.5) is 0 Å². The van der Waals surface area contributed by atoms with E-state index in [1.54, 1.807) is 19.2 Å². The topological polar surface area (TPSA) is 63.8 Å². The first-order valence-electron chi connectivity index (χ1n) is 5.42. The molecule has 1 N–H and O–H groups in total. The Morgan fingerprint density at radius 3 is 2.63 bits per heavy atom. The number of methoxy groups -OCH3 is 1. The maximum Gasteiger partial charge on any atom is 0.307 e. The molecule has 0 spiro atoms. The summed E-state index contributed by atoms with van der Waals surface area (Å²) in [6.07, 6.45) is 1.54. The summed E-state index contributed by atoms with van der Waals surface area (Å²) >= 11 is 3.12. The maximum absolute atomic E-state index is 11.6. The Morgan fingerprint density at radius 2 is 2.05 bits per heavy atom. The molecule has 0 radical (unpaired) electrons. The van der Waals surface area contributed by atoms with Crippen LogP contribution in [0.3, 0.4) is 0 Å². The van der Waals surface area contributed by atoms with Crippen LogP contribution in [-0.4, -0.2) is 19.2 Å². The fraction of sp³-hybridized carbons (Fsp3) is 0.0769. The van der Waals surface area contributed by atoms with Gasteiger partial charge in [0.1, 0.15) is 5.75 Å². The first-order chi connectivity index (χ1) is 9.19. The molecule has 0 aliphatic carbocycles. The summed E-state index contributed by atoms with van der Waals surface area (Å²) in [5.41, 5.74) is 3.22. The number of rotatable bonds is 4. The molecule has 6 heteroatoms. The van der Waals surface area contributed by atoms with Gasteiger partial charge >= 0.3 is 5.91 Å². The minimum Gasteiger partial charge on any atom is -0.497 e. The molecule has 0 bridgehead atoms. The molecule has 0 aliphatic rings. The molecule has 1 heterocycles. The van der Waals surface area contributed by atoms with Crippen LogP contribution in [0.15, 0.2) is 50.6 Å². The Morgan fingerprint density at radius 1 is 1.32 bits per heavy atom. The van der Waals surface area contributed by atoms with Gasteiger partial charge in [-0.1, -0.05) is 0 Å². The monoisotopic (exact) mass is 322 g/mol. The quantitative estimate of drug-likeness (QED) is 0.695. The van der Waals surface area contributed by atoms with Crippen molar-refractivity contribution in [1.82, 2.24) is 5.43 Å². The van der Waals surface area contributed by atoms with E-state index in [-0.39, 0.29) is 5.76 Å². The van der Waals surface area contributed by atoms with Crippen LogP contribution in [-0.2, 0) is 0 Å². The molecule has 0 unspecified atom stereocenters. The molecule has 2 rings (SSSR count). The summed E-state index contributed by atoms with van der Waals surface area (Å²) in [6.45, 7) is 0. The lowest BCUT2D eigenvalue weighted by molar-refractivity contribution is 0.0926. The van der Waals surface area contributed by atoms with Crippen molar-refractivity contribution in [3.8, 4) is 5.75 Å². The molecule has 0 aliphatic heterocycles. The highest BCUT2D eigenvalue weighted by molar-refractivity contribution is 9.10. The van der Waals surface area contributed by atoms with Gasteiger partial charge < -0.3 is 9.15 Å². The third-order valence-electron chi connectivity index (χ3n) is 2.29. The Hall–Kier alpha value is -2.08. The van der Waals surface area contributed by atoms with Gasteiger partial charge in [0.15, 0.2) is 10.4 Å². The fourth-order valence-electron chi connectivity index (χ4n) is 1.35. The van der Waals surface area contributed by atoms with Crippen molar-refractivity contribution in [3.05, 3.63) is 52.4 Å². The van der Waals surface area contributed by atoms with Crippen molar-refractivity contribution >= 4 is 28.1 Å². The molecule has 0 atom stereocenters. The minimum atomic E-state index is -0.407. The summed E-state index contributed by atoms with van der Waals surface area (Å²) in [5.74, 6) is 0.552. The van der Waals surface area contributed by atoms with Crippen LogP contribution in [0, 0.1) is 0 Å². The van der Waals surface area contributed by atoms with E-state index in [0.29, 0.717) is 4.67 Å². The first-order valence-corrected chi connectivity index (χ1v) is 6.21. The SMILES string of the molecule is COc1ccc(C=NNC(=O)c2ccc(Br)o2)cc1. The minimum absolute atomic E-state index is 0.193. The number of carbonyl (C=O) groups is 1. The Kier molecular flexibility index (Phi) is 4.35. The summed E-state index contributed by atoms with van der Waals surface area (Å²) in [5, 5.41) is 3.84. The van der Waals surface area contributed by atoms with Crippen molar-refractivity contribution in [2.75, 3.05) is 7.11 Å². The normalized spacial score (nSPS) is 10.6. The van der Waals surface area contributed by atoms with Crippen molar-refractivity contribution < 1.29 is 13.9 Å². The molecule has 1 aromatic carbocycles. The lowest BCUT2D eigenvalue weighted by atomic mass is 10.2. The highest BCUT2D eigenvalue weighted by Crippen LogP contribution is 2.13. The number of ether oxygens (including phenoxy) is 1. The number of carbonyl (C=O) groups excluding carboxylic acids is 1. The predicted molar refractivity (Wildman–Crippen MR) is 74.5 cm³/mol. The number of furan rings is 1. The van der Waals surface area contributed by atoms with Gasteiger partial charge in [-0.25, -0.2) is 5.43 Å². The number of amides is 1. The van der Waals surface area contributed by atoms with Crippen LogP contribution < -0.4 is 10.2 Å². The number of nitrogens with one attached hydrogen (secondary N) is 1. The van der Waals surface area contributed by atoms with E-state index in [4.69, 9.17) is 9.15 Å². The Balaban J connectivity index is 1.94. The molecule has 98 valence electrons. The van der Waals surface area contributed by atoms with E-state index in [1.807, 2.05) is 24.3 Å². The summed E-state index contributed by atoms with van der Waals surface area (Å²) < 4.78 is 10.6. The van der Waals surface area contributed by atoms with Crippen LogP contribution in [0.25, 0.3) is 0 Å². The second-order valence-corrected chi connectivity index (χ2v) is 4.36. The van der Waals surface area contributed by atoms with Crippen LogP contribution in [0.5, 0.6) is 5.75 Å². The van der Waals surface area contributed by atoms with Gasteiger partial charge in [-0.2, -0.15) is 5.10 Å². The van der Waals surface area contributed by atoms with E-state index in [1.165, 1.54) is 6.21 Å². The molecule has 0 fully saturated rings. The highest BCUT2D eigenvalue weighted by atomic mass is 79.9. The first kappa shape index (κ1) is 13.4. The van der Waals surface area contributed by atoms with Crippen molar-refractivity contribution in [2.24, 2.45) is 5.10 Å². The zero-order valence-electron chi connectivity index (χ0n) is 10.1. The van der Waals surface area contributed by atoms with E-state index in [0.717, 1.165) is 11.3 Å². The number of nitrogens with zero attached hydrogens (tertiary/aromatic N) is 1. The van der Waals surface area contributed by atoms with Crippen molar-refractivity contribution in [3.63, 3.8) is 0 Å². The Labute approximate surface area is 118 Å². The van der Waals surface area contributed by atoms with Gasteiger partial charge in [-0.05, 0) is 57.9 Å². The molecule has 0 saturated carbocycles. The molecule has 1 amide bonds. The molecular weight excluding hydrogens is 312 g/mol. The van der Waals surface area contributed by atoms with Crippen LogP contribution >= 0.6 is 15.9 Å². The highest BCUT2D eigenvalue weighted by Gasteiger charge is 2.08. The van der Waals surface area contributed by atoms with E-state index < -0.39 is 5.91 Å². The number of halogens is 1. The van der Waals surface area contributed by atoms with Gasteiger partial charge in [-0.3, -0.25) is 4.79 Å². The molecule has 5 nitrogen and oxygen atoms in total. The zero-order valence-corrected chi connectivity index (χ0v) is 11.7. The van der Waals surface area contributed by atoms with Crippen LogP contribution in [0.2, 0.25) is 0 Å². The maximum atomic E-state index is 11.6. The van der Waals surface area contributed by atoms with Gasteiger partial charge in [0.2, 0.25) is 0 Å². The summed E-state index contributed by atoms with van der Waals surface area (Å²) in [7, 11) is 1.60. The van der Waals surface area contributed by atoms with Crippen molar-refractivity contribution in [1.29, 1.82) is 0 Å². The molecule has 1 aromatic heterocycles. The number of hydrogen-bond acceptors (Lipinski definition) is 4. The standard InChI is InChI=1S/C13H11BrN2O3/c1-18-10-4-2-9(3-5-10)8-15-16-13(17)11-6-7-12(14)19-11/h2-8H,1H3,(H,16,17). The average molecular weight is 323 g/mol. The van der Waals surface area contributed by atoms with Gasteiger partial charge in [0.05, 0.1) is 13.3 Å². The van der Waals surface area contributed by atoms with Gasteiger partial charge in [0.25, 0.3) is 0 Å². The smallest absolute Gasteiger partial charge is 0.307 e. The fourth-order valence-corrected chi connectivity index (χ4v) is 1.65.